The van der Waals surface area contributed by atoms with E-state index in [1.165, 1.54) is 43.5 Å². The molecule has 43 heavy (non-hydrogen) atoms. The Kier molecular flexibility index (Phi) is 10.3. The lowest BCUT2D eigenvalue weighted by Gasteiger charge is -2.37. The van der Waals surface area contributed by atoms with Gasteiger partial charge in [-0.2, -0.15) is 5.26 Å². The molecular formula is C31H32Cl2F2N4O4. The van der Waals surface area contributed by atoms with Crippen LogP contribution in [0.5, 0.6) is 5.75 Å². The van der Waals surface area contributed by atoms with E-state index in [9.17, 15) is 20.0 Å². The number of nitrogens with zero attached hydrogens (tertiary/aromatic N) is 1. The zero-order chi connectivity index (χ0) is 32.3. The van der Waals surface area contributed by atoms with Gasteiger partial charge in [0.2, 0.25) is 5.91 Å². The van der Waals surface area contributed by atoms with Gasteiger partial charge in [-0.15, -0.1) is 0 Å². The number of carboxylic acid groups (broad SMARTS) is 1. The Morgan fingerprint density at radius 3 is 2.35 bits per heavy atom. The Morgan fingerprint density at radius 1 is 1.14 bits per heavy atom. The van der Waals surface area contributed by atoms with Crippen molar-refractivity contribution in [2.75, 3.05) is 12.8 Å². The number of carboxylic acids is 1. The first-order valence-corrected chi connectivity index (χ1v) is 13.9. The third kappa shape index (κ3) is 7.02. The predicted octanol–water partition coefficient (Wildman–Crippen LogP) is 6.05. The van der Waals surface area contributed by atoms with Gasteiger partial charge in [0.1, 0.15) is 28.8 Å². The summed E-state index contributed by atoms with van der Waals surface area (Å²) in [6.07, 6.45) is 0.338. The van der Waals surface area contributed by atoms with E-state index in [1.54, 1.807) is 12.1 Å². The fraction of sp³-hybridized carbons (Fsp3) is 0.323. The van der Waals surface area contributed by atoms with Gasteiger partial charge >= 0.3 is 5.97 Å². The molecule has 1 saturated heterocycles. The van der Waals surface area contributed by atoms with Gasteiger partial charge in [0, 0.05) is 28.1 Å². The predicted molar refractivity (Wildman–Crippen MR) is 161 cm³/mol. The van der Waals surface area contributed by atoms with Crippen LogP contribution in [-0.4, -0.2) is 36.2 Å². The number of rotatable bonds is 6. The Labute approximate surface area is 258 Å². The summed E-state index contributed by atoms with van der Waals surface area (Å²) in [5.74, 6) is -4.12. The molecule has 6 N–H and O–H groups in total. The monoisotopic (exact) mass is 632 g/mol. The van der Waals surface area contributed by atoms with Gasteiger partial charge in [0.25, 0.3) is 0 Å². The highest BCUT2D eigenvalue weighted by Gasteiger charge is 2.61. The Bertz CT molecular complexity index is 1570. The molecule has 0 radical (unpaired) electrons. The maximum absolute atomic E-state index is 15.2. The second-order valence-electron chi connectivity index (χ2n) is 11.3. The van der Waals surface area contributed by atoms with Crippen LogP contribution in [0.25, 0.3) is 0 Å². The first-order valence-electron chi connectivity index (χ1n) is 13.1. The molecule has 4 atom stereocenters. The molecule has 1 fully saturated rings. The molecule has 1 amide bonds. The van der Waals surface area contributed by atoms with Crippen LogP contribution in [0.1, 0.15) is 54.6 Å². The number of nitrogen functional groups attached to an aromatic ring is 1. The SMILES string of the molecule is CC(C)(C)C[C@@H]1N[C@@H](C(=O)O)[C@H](c2cccc(Cl)c2F)[C@@]1(C#N)c1ccc(Cl)cc1F.COc1cc(C(N)=O)ccc1N. The molecule has 1 aliphatic heterocycles. The topological polar surface area (TPSA) is 151 Å². The van der Waals surface area contributed by atoms with Gasteiger partial charge in [-0.1, -0.05) is 62.2 Å². The molecule has 228 valence electrons. The zero-order valence-electron chi connectivity index (χ0n) is 23.9. The molecule has 3 aromatic carbocycles. The van der Waals surface area contributed by atoms with Crippen molar-refractivity contribution in [3.05, 3.63) is 93.0 Å². The quantitative estimate of drug-likeness (QED) is 0.241. The number of halogens is 4. The van der Waals surface area contributed by atoms with Crippen LogP contribution in [0.15, 0.2) is 54.6 Å². The minimum atomic E-state index is -1.73. The van der Waals surface area contributed by atoms with E-state index in [1.807, 2.05) is 20.8 Å². The lowest BCUT2D eigenvalue weighted by atomic mass is 9.62. The van der Waals surface area contributed by atoms with Crippen LogP contribution in [0.3, 0.4) is 0 Å². The number of benzene rings is 3. The van der Waals surface area contributed by atoms with Crippen molar-refractivity contribution in [2.24, 2.45) is 11.1 Å². The molecule has 1 heterocycles. The first kappa shape index (κ1) is 33.6. The number of nitrogens with two attached hydrogens (primary N) is 2. The number of methoxy groups -OCH3 is 1. The normalized spacial score (nSPS) is 21.3. The molecule has 4 rings (SSSR count). The van der Waals surface area contributed by atoms with Gasteiger partial charge in [-0.25, -0.2) is 8.78 Å². The van der Waals surface area contributed by atoms with Crippen molar-refractivity contribution in [1.29, 1.82) is 5.26 Å². The number of amides is 1. The summed E-state index contributed by atoms with van der Waals surface area (Å²) in [6, 6.07) is 12.8. The number of nitrogens with one attached hydrogen (secondary N) is 1. The average molecular weight is 634 g/mol. The van der Waals surface area contributed by atoms with Crippen molar-refractivity contribution in [1.82, 2.24) is 5.32 Å². The second-order valence-corrected chi connectivity index (χ2v) is 12.2. The number of anilines is 1. The number of carbonyl (C=O) groups is 2. The highest BCUT2D eigenvalue weighted by Crippen LogP contribution is 2.52. The molecule has 0 unspecified atom stereocenters. The molecule has 12 heteroatoms. The minimum absolute atomic E-state index is 0.0331. The highest BCUT2D eigenvalue weighted by molar-refractivity contribution is 6.31. The second kappa shape index (κ2) is 13.2. The summed E-state index contributed by atoms with van der Waals surface area (Å²) < 4.78 is 35.2. The van der Waals surface area contributed by atoms with Gasteiger partial charge < -0.3 is 21.3 Å². The molecule has 0 aliphatic carbocycles. The molecule has 0 bridgehead atoms. The van der Waals surface area contributed by atoms with Crippen molar-refractivity contribution in [3.8, 4) is 11.8 Å². The third-order valence-corrected chi connectivity index (χ3v) is 7.76. The van der Waals surface area contributed by atoms with E-state index in [-0.39, 0.29) is 26.6 Å². The molecule has 0 saturated carbocycles. The van der Waals surface area contributed by atoms with Crippen molar-refractivity contribution >= 4 is 40.8 Å². The molecule has 0 aromatic heterocycles. The number of hydrogen-bond donors (Lipinski definition) is 4. The number of ether oxygens (including phenoxy) is 1. The standard InChI is InChI=1S/C23H22Cl2F2N2O2.C8H10N2O2/c1-22(2,3)10-17-23(11-28,14-8-7-12(24)9-16(14)26)18(20(29-17)21(30)31)13-5-4-6-15(25)19(13)27;1-12-7-4-5(8(10)11)2-3-6(7)9/h4-9,17-18,20,29H,10H2,1-3H3,(H,30,31);2-4H,9H2,1H3,(H2,10,11)/t17-,18-,20+,23-;/m0./s1. The summed E-state index contributed by atoms with van der Waals surface area (Å²) in [6.45, 7) is 5.79. The van der Waals surface area contributed by atoms with E-state index in [2.05, 4.69) is 11.4 Å². The summed E-state index contributed by atoms with van der Waals surface area (Å²) in [5, 5.41) is 23.4. The maximum Gasteiger partial charge on any atom is 0.321 e. The van der Waals surface area contributed by atoms with E-state index in [0.29, 0.717) is 23.4 Å². The molecular weight excluding hydrogens is 601 g/mol. The number of hydrogen-bond acceptors (Lipinski definition) is 6. The number of nitriles is 1. The van der Waals surface area contributed by atoms with Crippen molar-refractivity contribution < 1.29 is 28.2 Å². The van der Waals surface area contributed by atoms with Crippen LogP contribution >= 0.6 is 23.2 Å². The van der Waals surface area contributed by atoms with Gasteiger partial charge in [-0.3, -0.25) is 14.9 Å². The van der Waals surface area contributed by atoms with Crippen LogP contribution < -0.4 is 21.5 Å². The summed E-state index contributed by atoms with van der Waals surface area (Å²) >= 11 is 11.9. The Morgan fingerprint density at radius 2 is 1.81 bits per heavy atom. The van der Waals surface area contributed by atoms with E-state index in [4.69, 9.17) is 39.4 Å². The van der Waals surface area contributed by atoms with E-state index < -0.39 is 46.9 Å². The van der Waals surface area contributed by atoms with Gasteiger partial charge in [-0.05, 0) is 53.8 Å². The van der Waals surface area contributed by atoms with Gasteiger partial charge in [0.05, 0.1) is 23.9 Å². The smallest absolute Gasteiger partial charge is 0.321 e. The Balaban J connectivity index is 0.000000353. The summed E-state index contributed by atoms with van der Waals surface area (Å²) in [5.41, 5.74) is 9.30. The molecule has 0 spiro atoms. The lowest BCUT2D eigenvalue weighted by Crippen LogP contribution is -2.44. The van der Waals surface area contributed by atoms with Crippen LogP contribution in [-0.2, 0) is 10.2 Å². The fourth-order valence-electron chi connectivity index (χ4n) is 5.41. The first-order chi connectivity index (χ1) is 20.1. The maximum atomic E-state index is 15.2. The minimum Gasteiger partial charge on any atom is -0.495 e. The van der Waals surface area contributed by atoms with E-state index >= 15 is 8.78 Å². The van der Waals surface area contributed by atoms with E-state index in [0.717, 1.165) is 6.07 Å². The number of aliphatic carboxylic acids is 1. The molecule has 3 aromatic rings. The number of primary amides is 1. The van der Waals surface area contributed by atoms with Crippen molar-refractivity contribution in [2.45, 2.75) is 50.6 Å². The zero-order valence-corrected chi connectivity index (χ0v) is 25.4. The lowest BCUT2D eigenvalue weighted by molar-refractivity contribution is -0.139. The van der Waals surface area contributed by atoms with Crippen molar-refractivity contribution in [3.63, 3.8) is 0 Å². The Hall–Kier alpha value is -3.91. The van der Waals surface area contributed by atoms with Crippen LogP contribution in [0.2, 0.25) is 10.0 Å². The number of carbonyl (C=O) groups excluding carboxylic acids is 1. The summed E-state index contributed by atoms with van der Waals surface area (Å²) in [4.78, 5) is 22.9. The molecule has 1 aliphatic rings. The van der Waals surface area contributed by atoms with Crippen LogP contribution in [0.4, 0.5) is 14.5 Å². The fourth-order valence-corrected chi connectivity index (χ4v) is 5.75. The average Bonchev–Trinajstić information content (AvgIpc) is 3.24. The molecule has 8 nitrogen and oxygen atoms in total. The largest absolute Gasteiger partial charge is 0.495 e. The summed E-state index contributed by atoms with van der Waals surface area (Å²) in [7, 11) is 1.48. The van der Waals surface area contributed by atoms with Gasteiger partial charge in [0.15, 0.2) is 0 Å². The third-order valence-electron chi connectivity index (χ3n) is 7.23. The highest BCUT2D eigenvalue weighted by atomic mass is 35.5. The van der Waals surface area contributed by atoms with Crippen LogP contribution in [0, 0.1) is 28.4 Å².